The fourth-order valence-corrected chi connectivity index (χ4v) is 0.982. The maximum atomic E-state index is 12.3. The van der Waals surface area contributed by atoms with Crippen LogP contribution in [0.15, 0.2) is 18.2 Å². The molecular formula is C9H6F3NO2. The predicted octanol–water partition coefficient (Wildman–Crippen LogP) is 2.57. The highest BCUT2D eigenvalue weighted by atomic mass is 19.4. The Morgan fingerprint density at radius 1 is 1.27 bits per heavy atom. The van der Waals surface area contributed by atoms with Gasteiger partial charge >= 0.3 is 6.18 Å². The average Bonchev–Trinajstić information content (AvgIpc) is 2.17. The SMILES string of the molecule is COc1ccc(C(F)(F)F)cc1OC#N. The summed E-state index contributed by atoms with van der Waals surface area (Å²) in [5, 5.41) is 8.22. The number of benzene rings is 1. The van der Waals surface area contributed by atoms with Gasteiger partial charge in [-0.2, -0.15) is 13.2 Å². The van der Waals surface area contributed by atoms with E-state index in [0.717, 1.165) is 12.1 Å². The van der Waals surface area contributed by atoms with Crippen molar-refractivity contribution >= 4 is 0 Å². The first-order valence-electron chi connectivity index (χ1n) is 3.80. The summed E-state index contributed by atoms with van der Waals surface area (Å²) in [6.07, 6.45) is -3.18. The molecule has 1 aromatic carbocycles. The molecule has 0 aliphatic carbocycles. The van der Waals surface area contributed by atoms with Crippen molar-refractivity contribution < 1.29 is 22.6 Å². The third-order valence-electron chi connectivity index (χ3n) is 1.65. The van der Waals surface area contributed by atoms with Crippen LogP contribution in [0.25, 0.3) is 0 Å². The van der Waals surface area contributed by atoms with Crippen LogP contribution in [0.5, 0.6) is 11.5 Å². The summed E-state index contributed by atoms with van der Waals surface area (Å²) in [6.45, 7) is 0. The van der Waals surface area contributed by atoms with Gasteiger partial charge in [-0.1, -0.05) is 0 Å². The molecule has 0 saturated heterocycles. The third-order valence-corrected chi connectivity index (χ3v) is 1.65. The van der Waals surface area contributed by atoms with Crippen molar-refractivity contribution in [1.29, 1.82) is 5.26 Å². The summed E-state index contributed by atoms with van der Waals surface area (Å²) < 4.78 is 45.9. The molecule has 3 nitrogen and oxygen atoms in total. The van der Waals surface area contributed by atoms with Gasteiger partial charge in [-0.25, -0.2) is 0 Å². The molecule has 0 amide bonds. The van der Waals surface area contributed by atoms with Crippen LogP contribution in [-0.4, -0.2) is 7.11 Å². The van der Waals surface area contributed by atoms with Crippen LogP contribution in [0.3, 0.4) is 0 Å². The van der Waals surface area contributed by atoms with E-state index in [1.807, 2.05) is 0 Å². The molecule has 0 heterocycles. The van der Waals surface area contributed by atoms with E-state index >= 15 is 0 Å². The first-order valence-corrected chi connectivity index (χ1v) is 3.80. The number of ether oxygens (including phenoxy) is 2. The molecule has 0 fully saturated rings. The predicted molar refractivity (Wildman–Crippen MR) is 44.2 cm³/mol. The largest absolute Gasteiger partial charge is 0.493 e. The highest BCUT2D eigenvalue weighted by Gasteiger charge is 2.31. The number of nitrogens with zero attached hydrogens (tertiary/aromatic N) is 1. The molecule has 0 aliphatic rings. The van der Waals surface area contributed by atoms with Crippen molar-refractivity contribution in [3.63, 3.8) is 0 Å². The van der Waals surface area contributed by atoms with E-state index in [0.29, 0.717) is 6.07 Å². The van der Waals surface area contributed by atoms with Crippen molar-refractivity contribution in [2.75, 3.05) is 7.11 Å². The van der Waals surface area contributed by atoms with Crippen molar-refractivity contribution in [2.45, 2.75) is 6.18 Å². The molecule has 0 spiro atoms. The molecule has 0 aromatic heterocycles. The second kappa shape index (κ2) is 4.09. The van der Waals surface area contributed by atoms with Gasteiger partial charge in [0.1, 0.15) is 0 Å². The van der Waals surface area contributed by atoms with Crippen LogP contribution in [-0.2, 0) is 6.18 Å². The number of methoxy groups -OCH3 is 1. The van der Waals surface area contributed by atoms with E-state index < -0.39 is 11.7 Å². The molecule has 0 N–H and O–H groups in total. The third kappa shape index (κ3) is 2.53. The Labute approximate surface area is 83.6 Å². The lowest BCUT2D eigenvalue weighted by molar-refractivity contribution is -0.137. The fourth-order valence-electron chi connectivity index (χ4n) is 0.982. The molecule has 0 saturated carbocycles. The van der Waals surface area contributed by atoms with E-state index in [-0.39, 0.29) is 11.5 Å². The van der Waals surface area contributed by atoms with Crippen LogP contribution in [0, 0.1) is 11.5 Å². The van der Waals surface area contributed by atoms with Crippen LogP contribution < -0.4 is 9.47 Å². The molecule has 0 atom stereocenters. The minimum Gasteiger partial charge on any atom is -0.493 e. The molecule has 6 heteroatoms. The molecule has 80 valence electrons. The highest BCUT2D eigenvalue weighted by Crippen LogP contribution is 2.35. The summed E-state index contributed by atoms with van der Waals surface area (Å²) >= 11 is 0. The van der Waals surface area contributed by atoms with Crippen molar-refractivity contribution in [1.82, 2.24) is 0 Å². The van der Waals surface area contributed by atoms with Gasteiger partial charge in [0, 0.05) is 0 Å². The van der Waals surface area contributed by atoms with Gasteiger partial charge in [0.25, 0.3) is 6.26 Å². The molecule has 15 heavy (non-hydrogen) atoms. The number of rotatable bonds is 2. The smallest absolute Gasteiger partial charge is 0.416 e. The van der Waals surface area contributed by atoms with Crippen LogP contribution >= 0.6 is 0 Å². The first kappa shape index (κ1) is 11.2. The minimum atomic E-state index is -4.47. The van der Waals surface area contributed by atoms with E-state index in [2.05, 4.69) is 4.74 Å². The quantitative estimate of drug-likeness (QED) is 0.715. The second-order valence-corrected chi connectivity index (χ2v) is 2.56. The Hall–Kier alpha value is -1.90. The van der Waals surface area contributed by atoms with E-state index in [1.54, 1.807) is 0 Å². The normalized spacial score (nSPS) is 10.6. The fraction of sp³-hybridized carbons (Fsp3) is 0.222. The van der Waals surface area contributed by atoms with Gasteiger partial charge in [0.15, 0.2) is 11.5 Å². The zero-order valence-electron chi connectivity index (χ0n) is 7.63. The first-order chi connectivity index (χ1) is 6.99. The highest BCUT2D eigenvalue weighted by molar-refractivity contribution is 5.44. The van der Waals surface area contributed by atoms with Gasteiger partial charge in [-0.05, 0) is 18.2 Å². The molecule has 0 unspecified atom stereocenters. The summed E-state index contributed by atoms with van der Waals surface area (Å²) in [5.74, 6) is -0.181. The van der Waals surface area contributed by atoms with Crippen LogP contribution in [0.4, 0.5) is 13.2 Å². The monoisotopic (exact) mass is 217 g/mol. The van der Waals surface area contributed by atoms with E-state index in [9.17, 15) is 13.2 Å². The Bertz CT molecular complexity index is 395. The Morgan fingerprint density at radius 2 is 1.93 bits per heavy atom. The van der Waals surface area contributed by atoms with Gasteiger partial charge < -0.3 is 9.47 Å². The topological polar surface area (TPSA) is 42.2 Å². The standard InChI is InChI=1S/C9H6F3NO2/c1-14-7-3-2-6(9(10,11)12)4-8(7)15-5-13/h2-4H,1H3. The van der Waals surface area contributed by atoms with Gasteiger partial charge in [-0.3, -0.25) is 0 Å². The second-order valence-electron chi connectivity index (χ2n) is 2.56. The minimum absolute atomic E-state index is 0.0737. The number of nitriles is 1. The molecule has 1 aromatic rings. The molecule has 0 radical (unpaired) electrons. The van der Waals surface area contributed by atoms with Crippen molar-refractivity contribution in [3.05, 3.63) is 23.8 Å². The van der Waals surface area contributed by atoms with Crippen molar-refractivity contribution in [2.24, 2.45) is 0 Å². The maximum Gasteiger partial charge on any atom is 0.416 e. The number of hydrogen-bond acceptors (Lipinski definition) is 3. The van der Waals surface area contributed by atoms with Gasteiger partial charge in [0.2, 0.25) is 0 Å². The lowest BCUT2D eigenvalue weighted by Crippen LogP contribution is -2.05. The molecular weight excluding hydrogens is 211 g/mol. The number of alkyl halides is 3. The lowest BCUT2D eigenvalue weighted by atomic mass is 10.2. The van der Waals surface area contributed by atoms with Crippen molar-refractivity contribution in [3.8, 4) is 17.8 Å². The summed E-state index contributed by atoms with van der Waals surface area (Å²) in [5.41, 5.74) is -0.895. The average molecular weight is 217 g/mol. The summed E-state index contributed by atoms with van der Waals surface area (Å²) in [7, 11) is 1.27. The Morgan fingerprint density at radius 3 is 2.40 bits per heavy atom. The molecule has 1 rings (SSSR count). The zero-order chi connectivity index (χ0) is 11.5. The van der Waals surface area contributed by atoms with E-state index in [1.165, 1.54) is 13.4 Å². The Kier molecular flexibility index (Phi) is 3.04. The summed E-state index contributed by atoms with van der Waals surface area (Å²) in [4.78, 5) is 0. The van der Waals surface area contributed by atoms with Crippen LogP contribution in [0.2, 0.25) is 0 Å². The number of hydrogen-bond donors (Lipinski definition) is 0. The van der Waals surface area contributed by atoms with Crippen LogP contribution in [0.1, 0.15) is 5.56 Å². The number of halogens is 3. The van der Waals surface area contributed by atoms with Gasteiger partial charge in [0.05, 0.1) is 12.7 Å². The maximum absolute atomic E-state index is 12.3. The molecule has 0 aliphatic heterocycles. The van der Waals surface area contributed by atoms with Gasteiger partial charge in [-0.15, -0.1) is 5.26 Å². The lowest BCUT2D eigenvalue weighted by Gasteiger charge is -2.09. The van der Waals surface area contributed by atoms with E-state index in [4.69, 9.17) is 10.00 Å². The molecule has 0 bridgehead atoms. The summed E-state index contributed by atoms with van der Waals surface area (Å²) in [6, 6.07) is 2.65. The Balaban J connectivity index is 3.17. The zero-order valence-corrected chi connectivity index (χ0v) is 7.63.